The van der Waals surface area contributed by atoms with E-state index in [4.69, 9.17) is 0 Å². The molecule has 0 radical (unpaired) electrons. The SMILES string of the molecule is Cc1csc(C(NC(=O)CCc2nc3sc4c(c3c(=O)[nH]2)CCCC4)c2ccccc2)n1. The van der Waals surface area contributed by atoms with Crippen LogP contribution in [0.5, 0.6) is 0 Å². The second-order valence-electron chi connectivity index (χ2n) is 8.14. The number of aryl methyl sites for hydroxylation is 4. The van der Waals surface area contributed by atoms with Gasteiger partial charge in [-0.15, -0.1) is 22.7 Å². The van der Waals surface area contributed by atoms with Crippen LogP contribution in [0.2, 0.25) is 0 Å². The maximum atomic E-state index is 12.8. The Labute approximate surface area is 193 Å². The molecule has 4 aromatic rings. The van der Waals surface area contributed by atoms with Crippen molar-refractivity contribution in [2.24, 2.45) is 0 Å². The highest BCUT2D eigenvalue weighted by molar-refractivity contribution is 7.18. The Bertz CT molecular complexity index is 1320. The smallest absolute Gasteiger partial charge is 0.259 e. The highest BCUT2D eigenvalue weighted by atomic mass is 32.1. The van der Waals surface area contributed by atoms with E-state index in [1.54, 1.807) is 22.7 Å². The molecule has 0 saturated carbocycles. The second kappa shape index (κ2) is 8.96. The minimum Gasteiger partial charge on any atom is -0.343 e. The third kappa shape index (κ3) is 4.25. The third-order valence-corrected chi connectivity index (χ3v) is 8.00. The Morgan fingerprint density at radius 1 is 1.19 bits per heavy atom. The summed E-state index contributed by atoms with van der Waals surface area (Å²) in [5, 5.41) is 6.72. The average molecular weight is 465 g/mol. The molecule has 8 heteroatoms. The minimum atomic E-state index is -0.291. The molecule has 1 amide bonds. The molecular formula is C24H24N4O2S2. The summed E-state index contributed by atoms with van der Waals surface area (Å²) >= 11 is 3.17. The number of rotatable bonds is 6. The van der Waals surface area contributed by atoms with Crippen molar-refractivity contribution < 1.29 is 4.79 Å². The predicted molar refractivity (Wildman–Crippen MR) is 128 cm³/mol. The van der Waals surface area contributed by atoms with Crippen LogP contribution >= 0.6 is 22.7 Å². The average Bonchev–Trinajstić information content (AvgIpc) is 3.40. The molecule has 164 valence electrons. The van der Waals surface area contributed by atoms with Crippen molar-refractivity contribution >= 4 is 38.8 Å². The van der Waals surface area contributed by atoms with Gasteiger partial charge in [0.15, 0.2) is 0 Å². The number of thiophene rings is 1. The summed E-state index contributed by atoms with van der Waals surface area (Å²) in [6.07, 6.45) is 4.92. The molecule has 0 saturated heterocycles. The van der Waals surface area contributed by atoms with Gasteiger partial charge in [-0.2, -0.15) is 0 Å². The van der Waals surface area contributed by atoms with Crippen molar-refractivity contribution in [3.05, 3.63) is 78.6 Å². The number of carbonyl (C=O) groups excluding carboxylic acids is 1. The zero-order valence-electron chi connectivity index (χ0n) is 17.8. The third-order valence-electron chi connectivity index (χ3n) is 5.78. The van der Waals surface area contributed by atoms with Gasteiger partial charge in [-0.05, 0) is 43.7 Å². The molecule has 3 aromatic heterocycles. The van der Waals surface area contributed by atoms with Gasteiger partial charge in [-0.3, -0.25) is 9.59 Å². The van der Waals surface area contributed by atoms with E-state index in [-0.39, 0.29) is 23.9 Å². The Hall–Kier alpha value is -2.84. The first kappa shape index (κ1) is 21.0. The molecule has 1 aliphatic rings. The number of amides is 1. The highest BCUT2D eigenvalue weighted by Crippen LogP contribution is 2.33. The predicted octanol–water partition coefficient (Wildman–Crippen LogP) is 4.47. The highest BCUT2D eigenvalue weighted by Gasteiger charge is 2.22. The van der Waals surface area contributed by atoms with Crippen LogP contribution in [-0.2, 0) is 24.1 Å². The van der Waals surface area contributed by atoms with Gasteiger partial charge < -0.3 is 10.3 Å². The van der Waals surface area contributed by atoms with Crippen molar-refractivity contribution in [1.82, 2.24) is 20.3 Å². The monoisotopic (exact) mass is 464 g/mol. The molecule has 1 unspecified atom stereocenters. The fourth-order valence-electron chi connectivity index (χ4n) is 4.23. The van der Waals surface area contributed by atoms with E-state index >= 15 is 0 Å². The number of fused-ring (bicyclic) bond motifs is 3. The van der Waals surface area contributed by atoms with Gasteiger partial charge in [0.1, 0.15) is 21.7 Å². The van der Waals surface area contributed by atoms with E-state index in [1.807, 2.05) is 42.6 Å². The van der Waals surface area contributed by atoms with Crippen LogP contribution in [0.25, 0.3) is 10.2 Å². The van der Waals surface area contributed by atoms with Gasteiger partial charge in [-0.1, -0.05) is 30.3 Å². The number of thiazole rings is 1. The topological polar surface area (TPSA) is 87.7 Å². The maximum Gasteiger partial charge on any atom is 0.259 e. The number of H-pyrrole nitrogens is 1. The summed E-state index contributed by atoms with van der Waals surface area (Å²) in [7, 11) is 0. The number of benzene rings is 1. The lowest BCUT2D eigenvalue weighted by Gasteiger charge is -2.17. The lowest BCUT2D eigenvalue weighted by atomic mass is 9.97. The van der Waals surface area contributed by atoms with E-state index in [1.165, 1.54) is 16.9 Å². The largest absolute Gasteiger partial charge is 0.343 e. The zero-order valence-corrected chi connectivity index (χ0v) is 19.4. The Balaban J connectivity index is 1.32. The van der Waals surface area contributed by atoms with Gasteiger partial charge in [0, 0.05) is 28.8 Å². The number of hydrogen-bond donors (Lipinski definition) is 2. The first-order valence-electron chi connectivity index (χ1n) is 10.9. The van der Waals surface area contributed by atoms with Crippen LogP contribution in [0.1, 0.15) is 57.8 Å². The van der Waals surface area contributed by atoms with Crippen molar-refractivity contribution in [3.63, 3.8) is 0 Å². The molecule has 3 heterocycles. The van der Waals surface area contributed by atoms with Crippen molar-refractivity contribution in [2.75, 3.05) is 0 Å². The fourth-order valence-corrected chi connectivity index (χ4v) is 6.38. The molecular weight excluding hydrogens is 440 g/mol. The second-order valence-corrected chi connectivity index (χ2v) is 10.1. The summed E-state index contributed by atoms with van der Waals surface area (Å²) in [5.74, 6) is 0.470. The molecule has 0 fully saturated rings. The van der Waals surface area contributed by atoms with E-state index in [2.05, 4.69) is 20.3 Å². The van der Waals surface area contributed by atoms with E-state index in [9.17, 15) is 9.59 Å². The van der Waals surface area contributed by atoms with Crippen molar-refractivity contribution in [2.45, 2.75) is 51.5 Å². The lowest BCUT2D eigenvalue weighted by molar-refractivity contribution is -0.121. The van der Waals surface area contributed by atoms with Crippen LogP contribution in [0, 0.1) is 6.92 Å². The van der Waals surface area contributed by atoms with E-state index < -0.39 is 0 Å². The van der Waals surface area contributed by atoms with Gasteiger partial charge >= 0.3 is 0 Å². The maximum absolute atomic E-state index is 12.8. The first-order valence-corrected chi connectivity index (χ1v) is 12.6. The summed E-state index contributed by atoms with van der Waals surface area (Å²) in [6, 6.07) is 9.57. The molecule has 0 spiro atoms. The standard InChI is InChI=1S/C24H24N4O2S2/c1-14-13-31-24(25-14)21(15-7-3-2-4-8-15)28-19(29)12-11-18-26-22(30)20-16-9-5-6-10-17(16)32-23(20)27-18/h2-4,7-8,13,21H,5-6,9-12H2,1H3,(H,28,29)(H,26,27,30). The fraction of sp³-hybridized carbons (Fsp3) is 0.333. The van der Waals surface area contributed by atoms with Crippen LogP contribution < -0.4 is 10.9 Å². The molecule has 5 rings (SSSR count). The molecule has 1 atom stereocenters. The summed E-state index contributed by atoms with van der Waals surface area (Å²) in [6.45, 7) is 1.95. The van der Waals surface area contributed by atoms with Crippen LogP contribution in [0.3, 0.4) is 0 Å². The number of nitrogens with zero attached hydrogens (tertiary/aromatic N) is 2. The van der Waals surface area contributed by atoms with Gasteiger partial charge in [-0.25, -0.2) is 9.97 Å². The summed E-state index contributed by atoms with van der Waals surface area (Å²) in [4.78, 5) is 39.8. The summed E-state index contributed by atoms with van der Waals surface area (Å²) < 4.78 is 0. The molecule has 1 aromatic carbocycles. The number of nitrogens with one attached hydrogen (secondary N) is 2. The van der Waals surface area contributed by atoms with Crippen LogP contribution in [0.4, 0.5) is 0 Å². The Kier molecular flexibility index (Phi) is 5.89. The molecule has 0 bridgehead atoms. The van der Waals surface area contributed by atoms with E-state index in [0.29, 0.717) is 12.2 Å². The summed E-state index contributed by atoms with van der Waals surface area (Å²) in [5.41, 5.74) is 3.03. The van der Waals surface area contributed by atoms with Gasteiger partial charge in [0.2, 0.25) is 5.91 Å². The first-order chi connectivity index (χ1) is 15.6. The zero-order chi connectivity index (χ0) is 22.1. The molecule has 6 nitrogen and oxygen atoms in total. The molecule has 32 heavy (non-hydrogen) atoms. The Morgan fingerprint density at radius 2 is 2.00 bits per heavy atom. The lowest BCUT2D eigenvalue weighted by Crippen LogP contribution is -2.29. The van der Waals surface area contributed by atoms with Crippen molar-refractivity contribution in [1.29, 1.82) is 0 Å². The van der Waals surface area contributed by atoms with E-state index in [0.717, 1.165) is 45.7 Å². The molecule has 1 aliphatic carbocycles. The van der Waals surface area contributed by atoms with Crippen LogP contribution in [-0.4, -0.2) is 20.9 Å². The number of aromatic nitrogens is 3. The van der Waals surface area contributed by atoms with Crippen LogP contribution in [0.15, 0.2) is 40.5 Å². The van der Waals surface area contributed by atoms with Gasteiger partial charge in [0.25, 0.3) is 5.56 Å². The number of carbonyl (C=O) groups is 1. The molecule has 2 N–H and O–H groups in total. The molecule has 0 aliphatic heterocycles. The van der Waals surface area contributed by atoms with Crippen molar-refractivity contribution in [3.8, 4) is 0 Å². The normalized spacial score (nSPS) is 14.3. The minimum absolute atomic E-state index is 0.0785. The quantitative estimate of drug-likeness (QED) is 0.441. The van der Waals surface area contributed by atoms with Gasteiger partial charge in [0.05, 0.1) is 5.39 Å². The Morgan fingerprint density at radius 3 is 2.78 bits per heavy atom. The number of hydrogen-bond acceptors (Lipinski definition) is 6. The number of aromatic amines is 1.